The first-order valence-corrected chi connectivity index (χ1v) is 5.04. The van der Waals surface area contributed by atoms with Crippen LogP contribution in [0.1, 0.15) is 0 Å². The number of nitrogens with zero attached hydrogens (tertiary/aromatic N) is 4. The van der Waals surface area contributed by atoms with E-state index in [1.807, 2.05) is 58.2 Å². The van der Waals surface area contributed by atoms with Gasteiger partial charge in [0.2, 0.25) is 0 Å². The van der Waals surface area contributed by atoms with E-state index >= 15 is 0 Å². The van der Waals surface area contributed by atoms with E-state index in [1.165, 1.54) is 0 Å². The third kappa shape index (κ3) is 2.22. The molecule has 0 saturated carbocycles. The van der Waals surface area contributed by atoms with Gasteiger partial charge in [-0.3, -0.25) is 0 Å². The molecule has 0 N–H and O–H groups in total. The van der Waals surface area contributed by atoms with E-state index in [-0.39, 0.29) is 21.1 Å². The van der Waals surface area contributed by atoms with Crippen LogP contribution in [-0.4, -0.2) is 19.6 Å². The van der Waals surface area contributed by atoms with Gasteiger partial charge in [0, 0.05) is 45.9 Å². The molecule has 1 aromatic carbocycles. The van der Waals surface area contributed by atoms with Gasteiger partial charge < -0.3 is 0 Å². The molecule has 4 nitrogen and oxygen atoms in total. The smallest absolute Gasteiger partial charge is 0.0902 e. The Balaban J connectivity index is 0.00000108. The topological polar surface area (TPSA) is 35.6 Å². The molecule has 2 heterocycles. The zero-order valence-electron chi connectivity index (χ0n) is 8.88. The van der Waals surface area contributed by atoms with Crippen molar-refractivity contribution in [2.24, 2.45) is 0 Å². The molecule has 3 aromatic rings. The van der Waals surface area contributed by atoms with Gasteiger partial charge in [-0.25, -0.2) is 9.36 Å². The Morgan fingerprint density at radius 1 is 0.706 bits per heavy atom. The molecule has 0 radical (unpaired) electrons. The van der Waals surface area contributed by atoms with E-state index < -0.39 is 0 Å². The first kappa shape index (κ1) is 11.8. The van der Waals surface area contributed by atoms with Crippen molar-refractivity contribution in [2.45, 2.75) is 0 Å². The van der Waals surface area contributed by atoms with Crippen molar-refractivity contribution >= 4 is 0 Å². The van der Waals surface area contributed by atoms with Crippen molar-refractivity contribution < 1.29 is 21.1 Å². The van der Waals surface area contributed by atoms with Crippen LogP contribution in [0, 0.1) is 0 Å². The number of rotatable bonds is 2. The molecule has 0 atom stereocenters. The fourth-order valence-corrected chi connectivity index (χ4v) is 1.67. The molecule has 3 rings (SSSR count). The molecule has 0 fully saturated rings. The van der Waals surface area contributed by atoms with Gasteiger partial charge in [-0.15, -0.1) is 0 Å². The number of hydrogen-bond donors (Lipinski definition) is 0. The second-order valence-electron chi connectivity index (χ2n) is 3.39. The predicted molar refractivity (Wildman–Crippen MR) is 60.7 cm³/mol. The second kappa shape index (κ2) is 5.11. The van der Waals surface area contributed by atoms with Gasteiger partial charge in [0.25, 0.3) is 0 Å². The molecule has 5 heteroatoms. The van der Waals surface area contributed by atoms with Gasteiger partial charge in [0.05, 0.1) is 11.4 Å². The van der Waals surface area contributed by atoms with E-state index in [1.54, 1.807) is 12.4 Å². The third-order valence-corrected chi connectivity index (χ3v) is 2.38. The van der Waals surface area contributed by atoms with Crippen LogP contribution in [0.3, 0.4) is 0 Å². The molecule has 2 aromatic heterocycles. The van der Waals surface area contributed by atoms with Gasteiger partial charge in [-0.05, 0) is 24.3 Å². The van der Waals surface area contributed by atoms with Crippen LogP contribution in [-0.2, 0) is 21.1 Å². The Kier molecular flexibility index (Phi) is 3.54. The van der Waals surface area contributed by atoms with Crippen molar-refractivity contribution in [1.82, 2.24) is 19.6 Å². The molecule has 0 aliphatic heterocycles. The Morgan fingerprint density at radius 2 is 1.18 bits per heavy atom. The van der Waals surface area contributed by atoms with Gasteiger partial charge in [-0.1, -0.05) is 12.1 Å². The van der Waals surface area contributed by atoms with E-state index in [0.29, 0.717) is 0 Å². The molecule has 0 saturated heterocycles. The molecule has 0 unspecified atom stereocenters. The molecular formula is C12H10N4Pt. The maximum Gasteiger partial charge on any atom is 0.0902 e. The van der Waals surface area contributed by atoms with Crippen molar-refractivity contribution in [3.05, 3.63) is 61.2 Å². The first-order chi connectivity index (χ1) is 7.95. The van der Waals surface area contributed by atoms with Crippen molar-refractivity contribution in [2.75, 3.05) is 0 Å². The minimum absolute atomic E-state index is 0. The zero-order valence-corrected chi connectivity index (χ0v) is 11.2. The predicted octanol–water partition coefficient (Wildman–Crippen LogP) is 2.06. The number of benzene rings is 1. The minimum Gasteiger partial charge on any atom is -0.239 e. The van der Waals surface area contributed by atoms with E-state index in [4.69, 9.17) is 0 Å². The van der Waals surface area contributed by atoms with Crippen molar-refractivity contribution in [3.63, 3.8) is 0 Å². The van der Waals surface area contributed by atoms with Crippen LogP contribution in [0.5, 0.6) is 0 Å². The maximum absolute atomic E-state index is 4.23. The summed E-state index contributed by atoms with van der Waals surface area (Å²) in [5, 5.41) is 8.47. The van der Waals surface area contributed by atoms with Gasteiger partial charge in [0.15, 0.2) is 0 Å². The van der Waals surface area contributed by atoms with Crippen LogP contribution >= 0.6 is 0 Å². The standard InChI is InChI=1S/C12H10N4.Pt/c1-2-6-12(16-10-4-8-14-16)11(5-1)15-9-3-7-13-15;/h1-10H;. The van der Waals surface area contributed by atoms with E-state index in [2.05, 4.69) is 10.2 Å². The summed E-state index contributed by atoms with van der Waals surface area (Å²) in [4.78, 5) is 0. The average Bonchev–Trinajstić information content (AvgIpc) is 3.03. The fourth-order valence-electron chi connectivity index (χ4n) is 1.67. The summed E-state index contributed by atoms with van der Waals surface area (Å²) in [6.07, 6.45) is 7.37. The van der Waals surface area contributed by atoms with Gasteiger partial charge >= 0.3 is 0 Å². The number of hydrogen-bond acceptors (Lipinski definition) is 2. The second-order valence-corrected chi connectivity index (χ2v) is 3.39. The van der Waals surface area contributed by atoms with Crippen LogP contribution in [0.2, 0.25) is 0 Å². The molecule has 0 aliphatic carbocycles. The molecule has 0 spiro atoms. The minimum atomic E-state index is 0. The summed E-state index contributed by atoms with van der Waals surface area (Å²) in [5.41, 5.74) is 2.02. The average molecular weight is 405 g/mol. The fraction of sp³-hybridized carbons (Fsp3) is 0. The SMILES string of the molecule is [Pt].c1ccc(-n2cccn2)c(-n2cccn2)c1. The summed E-state index contributed by atoms with van der Waals surface area (Å²) in [6.45, 7) is 0. The van der Waals surface area contributed by atoms with E-state index in [9.17, 15) is 0 Å². The maximum atomic E-state index is 4.23. The summed E-state index contributed by atoms with van der Waals surface area (Å²) in [7, 11) is 0. The zero-order chi connectivity index (χ0) is 10.8. The number of para-hydroxylation sites is 2. The normalized spacial score (nSPS) is 9.88. The molecular weight excluding hydrogens is 395 g/mol. The van der Waals surface area contributed by atoms with Gasteiger partial charge in [-0.2, -0.15) is 10.2 Å². The Morgan fingerprint density at radius 3 is 1.53 bits per heavy atom. The van der Waals surface area contributed by atoms with Crippen molar-refractivity contribution in [3.8, 4) is 11.4 Å². The summed E-state index contributed by atoms with van der Waals surface area (Å²) in [6, 6.07) is 11.8. The molecule has 0 amide bonds. The van der Waals surface area contributed by atoms with Crippen LogP contribution in [0.15, 0.2) is 61.2 Å². The van der Waals surface area contributed by atoms with Gasteiger partial charge in [0.1, 0.15) is 0 Å². The summed E-state index contributed by atoms with van der Waals surface area (Å²) < 4.78 is 3.66. The molecule has 17 heavy (non-hydrogen) atoms. The Hall–Kier alpha value is -1.67. The van der Waals surface area contributed by atoms with Crippen LogP contribution in [0.25, 0.3) is 11.4 Å². The molecule has 0 bridgehead atoms. The van der Waals surface area contributed by atoms with Crippen molar-refractivity contribution in [1.29, 1.82) is 0 Å². The Labute approximate surface area is 113 Å². The number of aromatic nitrogens is 4. The first-order valence-electron chi connectivity index (χ1n) is 5.04. The largest absolute Gasteiger partial charge is 0.239 e. The summed E-state index contributed by atoms with van der Waals surface area (Å²) in [5.74, 6) is 0. The molecule has 88 valence electrons. The Bertz CT molecular complexity index is 519. The van der Waals surface area contributed by atoms with Crippen LogP contribution < -0.4 is 0 Å². The third-order valence-electron chi connectivity index (χ3n) is 2.38. The summed E-state index contributed by atoms with van der Waals surface area (Å²) >= 11 is 0. The quantitative estimate of drug-likeness (QED) is 0.655. The monoisotopic (exact) mass is 405 g/mol. The van der Waals surface area contributed by atoms with Crippen LogP contribution in [0.4, 0.5) is 0 Å². The van der Waals surface area contributed by atoms with E-state index in [0.717, 1.165) is 11.4 Å². The molecule has 0 aliphatic rings.